The molecule has 2 atom stereocenters. The van der Waals surface area contributed by atoms with E-state index in [1.54, 1.807) is 0 Å². The Kier molecular flexibility index (Phi) is 5.95. The first-order valence-electron chi connectivity index (χ1n) is 7.25. The molecule has 1 aromatic rings. The van der Waals surface area contributed by atoms with Crippen molar-refractivity contribution in [2.75, 3.05) is 13.1 Å². The van der Waals surface area contributed by atoms with Crippen molar-refractivity contribution in [2.45, 2.75) is 16.5 Å². The Morgan fingerprint density at radius 2 is 1.84 bits per heavy atom. The molecular formula is C15H16IN3O6. The van der Waals surface area contributed by atoms with Crippen molar-refractivity contribution in [3.63, 3.8) is 0 Å². The topological polar surface area (TPSA) is 141 Å². The molecule has 1 saturated heterocycles. The minimum Gasteiger partial charge on any atom is -0.480 e. The predicted molar refractivity (Wildman–Crippen MR) is 94.3 cm³/mol. The molecule has 10 heteroatoms. The van der Waals surface area contributed by atoms with E-state index in [-0.39, 0.29) is 31.1 Å². The molecule has 4 N–H and O–H groups in total. The number of carboxylic acids is 2. The van der Waals surface area contributed by atoms with E-state index >= 15 is 0 Å². The highest BCUT2D eigenvalue weighted by molar-refractivity contribution is 14.1. The number of hydrogen-bond donors (Lipinski definition) is 3. The predicted octanol–water partition coefficient (Wildman–Crippen LogP) is 0.364. The van der Waals surface area contributed by atoms with Gasteiger partial charge in [-0.05, 0) is 17.7 Å². The first-order chi connectivity index (χ1) is 11.7. The second kappa shape index (κ2) is 7.78. The number of rotatable bonds is 6. The SMILES string of the molecule is NC(CN1CC(I)C(=O)N(Cc2ccc(C(=O)O)cc2)C1=O)C(=O)O. The Morgan fingerprint density at radius 3 is 2.36 bits per heavy atom. The number of imide groups is 1. The van der Waals surface area contributed by atoms with Crippen molar-refractivity contribution in [3.05, 3.63) is 35.4 Å². The average Bonchev–Trinajstić information content (AvgIpc) is 2.56. The standard InChI is InChI=1S/C15H16IN3O6/c16-10-6-18(7-11(17)14(23)24)15(25)19(12(10)20)5-8-1-3-9(4-2-8)13(21)22/h1-4,10-11H,5-7,17H2,(H,21,22)(H,23,24). The largest absolute Gasteiger partial charge is 0.480 e. The number of benzene rings is 1. The number of carboxylic acid groups (broad SMARTS) is 2. The van der Waals surface area contributed by atoms with Crippen LogP contribution in [-0.4, -0.2) is 66.9 Å². The number of carbonyl (C=O) groups is 4. The van der Waals surface area contributed by atoms with Crippen LogP contribution in [0.5, 0.6) is 0 Å². The Morgan fingerprint density at radius 1 is 1.24 bits per heavy atom. The Hall–Kier alpha value is -2.21. The lowest BCUT2D eigenvalue weighted by Gasteiger charge is -2.37. The van der Waals surface area contributed by atoms with Crippen LogP contribution in [0.2, 0.25) is 0 Å². The highest BCUT2D eigenvalue weighted by Crippen LogP contribution is 2.20. The maximum Gasteiger partial charge on any atom is 0.335 e. The summed E-state index contributed by atoms with van der Waals surface area (Å²) < 4.78 is -0.519. The number of hydrogen-bond acceptors (Lipinski definition) is 5. The molecule has 25 heavy (non-hydrogen) atoms. The molecule has 1 aliphatic heterocycles. The summed E-state index contributed by atoms with van der Waals surface area (Å²) >= 11 is 1.89. The van der Waals surface area contributed by atoms with Gasteiger partial charge in [0.15, 0.2) is 0 Å². The van der Waals surface area contributed by atoms with E-state index in [2.05, 4.69) is 0 Å². The van der Waals surface area contributed by atoms with Gasteiger partial charge in [0, 0.05) is 13.1 Å². The third-order valence-electron chi connectivity index (χ3n) is 3.69. The number of aromatic carboxylic acids is 1. The van der Waals surface area contributed by atoms with Gasteiger partial charge in [-0.2, -0.15) is 0 Å². The lowest BCUT2D eigenvalue weighted by molar-refractivity contribution is -0.138. The number of alkyl halides is 1. The van der Waals surface area contributed by atoms with Crippen LogP contribution in [0.25, 0.3) is 0 Å². The normalized spacial score (nSPS) is 19.0. The zero-order valence-electron chi connectivity index (χ0n) is 13.0. The van der Waals surface area contributed by atoms with Crippen LogP contribution in [0, 0.1) is 0 Å². The summed E-state index contributed by atoms with van der Waals surface area (Å²) in [6, 6.07) is 3.96. The number of urea groups is 1. The van der Waals surface area contributed by atoms with Crippen molar-refractivity contribution in [1.82, 2.24) is 9.80 Å². The molecule has 9 nitrogen and oxygen atoms in total. The van der Waals surface area contributed by atoms with Crippen LogP contribution in [0.15, 0.2) is 24.3 Å². The van der Waals surface area contributed by atoms with Gasteiger partial charge in [-0.1, -0.05) is 34.7 Å². The van der Waals surface area contributed by atoms with Gasteiger partial charge in [0.05, 0.1) is 12.1 Å². The van der Waals surface area contributed by atoms with Crippen LogP contribution in [-0.2, 0) is 16.1 Å². The fourth-order valence-corrected chi connectivity index (χ4v) is 3.14. The van der Waals surface area contributed by atoms with Gasteiger partial charge in [-0.25, -0.2) is 9.59 Å². The molecule has 3 amide bonds. The molecule has 134 valence electrons. The minimum atomic E-state index is -1.24. The number of aliphatic carboxylic acids is 1. The van der Waals surface area contributed by atoms with Crippen LogP contribution >= 0.6 is 22.6 Å². The molecule has 1 heterocycles. The van der Waals surface area contributed by atoms with Crippen LogP contribution in [0.4, 0.5) is 4.79 Å². The Labute approximate surface area is 156 Å². The molecule has 0 aromatic heterocycles. The van der Waals surface area contributed by atoms with Gasteiger partial charge < -0.3 is 20.8 Å². The highest BCUT2D eigenvalue weighted by Gasteiger charge is 2.38. The van der Waals surface area contributed by atoms with Crippen molar-refractivity contribution in [3.8, 4) is 0 Å². The average molecular weight is 461 g/mol. The van der Waals surface area contributed by atoms with Gasteiger partial charge in [-0.15, -0.1) is 0 Å². The molecular weight excluding hydrogens is 445 g/mol. The molecule has 2 unspecified atom stereocenters. The first-order valence-corrected chi connectivity index (χ1v) is 8.50. The summed E-state index contributed by atoms with van der Waals surface area (Å²) in [5.74, 6) is -2.68. The molecule has 0 bridgehead atoms. The van der Waals surface area contributed by atoms with Gasteiger partial charge in [0.25, 0.3) is 0 Å². The molecule has 1 aliphatic rings. The molecule has 0 spiro atoms. The van der Waals surface area contributed by atoms with E-state index in [4.69, 9.17) is 15.9 Å². The van der Waals surface area contributed by atoms with Crippen molar-refractivity contribution < 1.29 is 29.4 Å². The summed E-state index contributed by atoms with van der Waals surface area (Å²) in [6.45, 7) is -0.140. The maximum absolute atomic E-state index is 12.5. The smallest absolute Gasteiger partial charge is 0.335 e. The third-order valence-corrected chi connectivity index (χ3v) is 4.62. The van der Waals surface area contributed by atoms with Gasteiger partial charge in [0.1, 0.15) is 9.97 Å². The number of nitrogens with two attached hydrogens (primary N) is 1. The number of nitrogens with zero attached hydrogens (tertiary/aromatic N) is 2. The van der Waals surface area contributed by atoms with E-state index in [1.165, 1.54) is 29.2 Å². The van der Waals surface area contributed by atoms with E-state index in [9.17, 15) is 19.2 Å². The molecule has 1 aromatic carbocycles. The first kappa shape index (κ1) is 19.1. The van der Waals surface area contributed by atoms with E-state index in [0.717, 1.165) is 4.90 Å². The molecule has 1 fully saturated rings. The second-order valence-corrected chi connectivity index (χ2v) is 7.03. The number of amides is 3. The zero-order chi connectivity index (χ0) is 18.7. The lowest BCUT2D eigenvalue weighted by atomic mass is 10.1. The summed E-state index contributed by atoms with van der Waals surface area (Å²) in [7, 11) is 0. The number of carbonyl (C=O) groups excluding carboxylic acids is 2. The van der Waals surface area contributed by atoms with Crippen molar-refractivity contribution in [1.29, 1.82) is 0 Å². The van der Waals surface area contributed by atoms with E-state index < -0.39 is 27.9 Å². The molecule has 2 rings (SSSR count). The fraction of sp³-hybridized carbons (Fsp3) is 0.333. The monoisotopic (exact) mass is 461 g/mol. The Bertz CT molecular complexity index is 708. The summed E-state index contributed by atoms with van der Waals surface area (Å²) in [6.07, 6.45) is 0. The maximum atomic E-state index is 12.5. The molecule has 0 aliphatic carbocycles. The van der Waals surface area contributed by atoms with E-state index in [0.29, 0.717) is 5.56 Å². The van der Waals surface area contributed by atoms with Crippen molar-refractivity contribution in [2.24, 2.45) is 5.73 Å². The zero-order valence-corrected chi connectivity index (χ0v) is 15.1. The summed E-state index contributed by atoms with van der Waals surface area (Å²) in [5.41, 5.74) is 6.16. The van der Waals surface area contributed by atoms with Gasteiger partial charge in [-0.3, -0.25) is 14.5 Å². The molecule has 0 radical (unpaired) electrons. The fourth-order valence-electron chi connectivity index (χ4n) is 2.33. The van der Waals surface area contributed by atoms with Crippen molar-refractivity contribution >= 4 is 46.5 Å². The quantitative estimate of drug-likeness (QED) is 0.411. The highest BCUT2D eigenvalue weighted by atomic mass is 127. The van der Waals surface area contributed by atoms with Gasteiger partial charge in [0.2, 0.25) is 5.91 Å². The van der Waals surface area contributed by atoms with Gasteiger partial charge >= 0.3 is 18.0 Å². The third kappa shape index (κ3) is 4.45. The lowest BCUT2D eigenvalue weighted by Crippen LogP contribution is -2.59. The summed E-state index contributed by atoms with van der Waals surface area (Å²) in [5, 5.41) is 17.8. The van der Waals surface area contributed by atoms with Crippen LogP contribution in [0.3, 0.4) is 0 Å². The van der Waals surface area contributed by atoms with Crippen LogP contribution < -0.4 is 5.73 Å². The van der Waals surface area contributed by atoms with E-state index in [1.807, 2.05) is 22.6 Å². The van der Waals surface area contributed by atoms with Crippen LogP contribution in [0.1, 0.15) is 15.9 Å². The Balaban J connectivity index is 2.16. The molecule has 0 saturated carbocycles. The summed E-state index contributed by atoms with van der Waals surface area (Å²) in [4.78, 5) is 48.8. The second-order valence-electron chi connectivity index (χ2n) is 5.53. The number of halogens is 1. The minimum absolute atomic E-state index is 0.0319.